The summed E-state index contributed by atoms with van der Waals surface area (Å²) in [5.41, 5.74) is 0.942. The fraction of sp³-hybridized carbons (Fsp3) is 0.526. The lowest BCUT2D eigenvalue weighted by Crippen LogP contribution is -2.45. The highest BCUT2D eigenvalue weighted by Crippen LogP contribution is 2.22. The van der Waals surface area contributed by atoms with E-state index in [0.29, 0.717) is 43.6 Å². The number of carbonyl (C=O) groups is 1. The summed E-state index contributed by atoms with van der Waals surface area (Å²) in [6.07, 6.45) is 4.61. The van der Waals surface area contributed by atoms with Crippen LogP contribution in [0.25, 0.3) is 11.4 Å². The van der Waals surface area contributed by atoms with Gasteiger partial charge in [0.1, 0.15) is 6.33 Å². The normalized spacial score (nSPS) is 16.2. The number of amides is 1. The number of likely N-dealkylation sites (tertiary alicyclic amines) is 1. The predicted molar refractivity (Wildman–Crippen MR) is 105 cm³/mol. The molecule has 9 nitrogen and oxygen atoms in total. The standard InChI is InChI=1S/C19H26N6O3/c1-4-24(12-14-7-6-10-25(14)19(27)28-5-2)18-22-16(11-17(26)23(18)3)15-8-9-20-13-21-15/h8-9,11,13-14H,4-7,10,12H2,1-3H3. The number of carbonyl (C=O) groups excluding carboxylic acids is 1. The van der Waals surface area contributed by atoms with E-state index in [2.05, 4.69) is 15.0 Å². The van der Waals surface area contributed by atoms with Gasteiger partial charge in [-0.05, 0) is 32.8 Å². The molecular weight excluding hydrogens is 360 g/mol. The van der Waals surface area contributed by atoms with Crippen molar-refractivity contribution in [3.63, 3.8) is 0 Å². The van der Waals surface area contributed by atoms with Gasteiger partial charge in [0, 0.05) is 38.9 Å². The third-order valence-corrected chi connectivity index (χ3v) is 4.93. The van der Waals surface area contributed by atoms with Gasteiger partial charge in [-0.1, -0.05) is 0 Å². The maximum Gasteiger partial charge on any atom is 0.410 e. The molecule has 3 heterocycles. The molecule has 0 bridgehead atoms. The predicted octanol–water partition coefficient (Wildman–Crippen LogP) is 1.68. The second-order valence-electron chi connectivity index (χ2n) is 6.66. The summed E-state index contributed by atoms with van der Waals surface area (Å²) in [7, 11) is 1.70. The molecule has 3 rings (SSSR count). The maximum absolute atomic E-state index is 12.5. The first kappa shape index (κ1) is 19.8. The molecule has 0 aromatic carbocycles. The molecular formula is C19H26N6O3. The Morgan fingerprint density at radius 2 is 2.18 bits per heavy atom. The third kappa shape index (κ3) is 4.13. The van der Waals surface area contributed by atoms with Crippen LogP contribution in [0.3, 0.4) is 0 Å². The minimum Gasteiger partial charge on any atom is -0.450 e. The van der Waals surface area contributed by atoms with Crippen LogP contribution in [-0.4, -0.2) is 62.8 Å². The Hall–Kier alpha value is -2.97. The molecule has 0 spiro atoms. The van der Waals surface area contributed by atoms with Gasteiger partial charge in [0.15, 0.2) is 0 Å². The van der Waals surface area contributed by atoms with E-state index in [1.54, 1.807) is 31.1 Å². The fourth-order valence-corrected chi connectivity index (χ4v) is 3.46. The van der Waals surface area contributed by atoms with Crippen LogP contribution in [0.5, 0.6) is 0 Å². The van der Waals surface area contributed by atoms with E-state index in [1.807, 2.05) is 11.8 Å². The number of ether oxygens (including phenoxy) is 1. The van der Waals surface area contributed by atoms with E-state index >= 15 is 0 Å². The first-order chi connectivity index (χ1) is 13.5. The summed E-state index contributed by atoms with van der Waals surface area (Å²) >= 11 is 0. The zero-order valence-electron chi connectivity index (χ0n) is 16.5. The summed E-state index contributed by atoms with van der Waals surface area (Å²) in [6.45, 7) is 6.10. The highest BCUT2D eigenvalue weighted by Gasteiger charge is 2.31. The van der Waals surface area contributed by atoms with Crippen LogP contribution in [-0.2, 0) is 11.8 Å². The van der Waals surface area contributed by atoms with E-state index < -0.39 is 0 Å². The Balaban J connectivity index is 1.89. The Morgan fingerprint density at radius 1 is 1.36 bits per heavy atom. The molecule has 1 atom stereocenters. The monoisotopic (exact) mass is 386 g/mol. The van der Waals surface area contributed by atoms with Crippen LogP contribution in [0, 0.1) is 0 Å². The smallest absolute Gasteiger partial charge is 0.410 e. The van der Waals surface area contributed by atoms with Crippen LogP contribution in [0.4, 0.5) is 10.7 Å². The topological polar surface area (TPSA) is 93.5 Å². The van der Waals surface area contributed by atoms with Crippen molar-refractivity contribution in [1.29, 1.82) is 0 Å². The highest BCUT2D eigenvalue weighted by molar-refractivity contribution is 5.68. The average Bonchev–Trinajstić information content (AvgIpc) is 3.17. The molecule has 1 aliphatic rings. The average molecular weight is 386 g/mol. The Labute approximate surface area is 164 Å². The van der Waals surface area contributed by atoms with Crippen LogP contribution in [0.2, 0.25) is 0 Å². The molecule has 9 heteroatoms. The van der Waals surface area contributed by atoms with Gasteiger partial charge in [-0.3, -0.25) is 9.36 Å². The number of anilines is 1. The molecule has 0 aliphatic carbocycles. The first-order valence-electron chi connectivity index (χ1n) is 9.58. The Bertz CT molecular complexity index is 870. The van der Waals surface area contributed by atoms with Gasteiger partial charge in [-0.2, -0.15) is 0 Å². The lowest BCUT2D eigenvalue weighted by molar-refractivity contribution is 0.103. The van der Waals surface area contributed by atoms with Gasteiger partial charge in [-0.15, -0.1) is 0 Å². The van der Waals surface area contributed by atoms with Gasteiger partial charge in [0.25, 0.3) is 5.56 Å². The number of nitrogens with zero attached hydrogens (tertiary/aromatic N) is 6. The molecule has 1 saturated heterocycles. The highest BCUT2D eigenvalue weighted by atomic mass is 16.6. The summed E-state index contributed by atoms with van der Waals surface area (Å²) in [6, 6.07) is 3.22. The zero-order valence-corrected chi connectivity index (χ0v) is 16.5. The summed E-state index contributed by atoms with van der Waals surface area (Å²) < 4.78 is 6.71. The minimum absolute atomic E-state index is 0.0265. The van der Waals surface area contributed by atoms with Crippen LogP contribution < -0.4 is 10.5 Å². The molecule has 0 N–H and O–H groups in total. The quantitative estimate of drug-likeness (QED) is 0.746. The first-order valence-corrected chi connectivity index (χ1v) is 9.58. The van der Waals surface area contributed by atoms with E-state index in [-0.39, 0.29) is 17.7 Å². The van der Waals surface area contributed by atoms with Crippen molar-refractivity contribution in [2.24, 2.45) is 7.05 Å². The van der Waals surface area contributed by atoms with Gasteiger partial charge >= 0.3 is 6.09 Å². The zero-order chi connectivity index (χ0) is 20.1. The van der Waals surface area contributed by atoms with Crippen molar-refractivity contribution in [2.75, 3.05) is 31.1 Å². The third-order valence-electron chi connectivity index (χ3n) is 4.93. The Morgan fingerprint density at radius 3 is 2.86 bits per heavy atom. The fourth-order valence-electron chi connectivity index (χ4n) is 3.46. The second kappa shape index (κ2) is 8.81. The number of likely N-dealkylation sites (N-methyl/N-ethyl adjacent to an activating group) is 1. The molecule has 2 aromatic heterocycles. The van der Waals surface area contributed by atoms with Crippen molar-refractivity contribution < 1.29 is 9.53 Å². The van der Waals surface area contributed by atoms with E-state index in [1.165, 1.54) is 17.0 Å². The van der Waals surface area contributed by atoms with E-state index in [4.69, 9.17) is 4.74 Å². The van der Waals surface area contributed by atoms with Crippen molar-refractivity contribution in [1.82, 2.24) is 24.4 Å². The molecule has 0 saturated carbocycles. The number of rotatable bonds is 6. The summed E-state index contributed by atoms with van der Waals surface area (Å²) in [5, 5.41) is 0. The lowest BCUT2D eigenvalue weighted by Gasteiger charge is -2.31. The Kier molecular flexibility index (Phi) is 6.23. The summed E-state index contributed by atoms with van der Waals surface area (Å²) in [5.74, 6) is 0.555. The van der Waals surface area contributed by atoms with Crippen LogP contribution >= 0.6 is 0 Å². The van der Waals surface area contributed by atoms with Crippen molar-refractivity contribution >= 4 is 12.0 Å². The van der Waals surface area contributed by atoms with Gasteiger partial charge in [-0.25, -0.2) is 19.7 Å². The van der Waals surface area contributed by atoms with Crippen LogP contribution in [0.1, 0.15) is 26.7 Å². The molecule has 28 heavy (non-hydrogen) atoms. The van der Waals surface area contributed by atoms with Crippen molar-refractivity contribution in [3.8, 4) is 11.4 Å². The van der Waals surface area contributed by atoms with Crippen molar-refractivity contribution in [3.05, 3.63) is 35.0 Å². The second-order valence-corrected chi connectivity index (χ2v) is 6.66. The lowest BCUT2D eigenvalue weighted by atomic mass is 10.2. The van der Waals surface area contributed by atoms with E-state index in [0.717, 1.165) is 12.8 Å². The molecule has 1 unspecified atom stereocenters. The molecule has 2 aromatic rings. The van der Waals surface area contributed by atoms with Gasteiger partial charge in [0.2, 0.25) is 5.95 Å². The van der Waals surface area contributed by atoms with Crippen LogP contribution in [0.15, 0.2) is 29.5 Å². The molecule has 0 radical (unpaired) electrons. The molecule has 150 valence electrons. The van der Waals surface area contributed by atoms with Crippen molar-refractivity contribution in [2.45, 2.75) is 32.7 Å². The summed E-state index contributed by atoms with van der Waals surface area (Å²) in [4.78, 5) is 41.3. The number of hydrogen-bond donors (Lipinski definition) is 0. The number of hydrogen-bond acceptors (Lipinski definition) is 7. The minimum atomic E-state index is -0.280. The van der Waals surface area contributed by atoms with E-state index in [9.17, 15) is 9.59 Å². The largest absolute Gasteiger partial charge is 0.450 e. The molecule has 1 fully saturated rings. The molecule has 1 aliphatic heterocycles. The number of aromatic nitrogens is 4. The van der Waals surface area contributed by atoms with Gasteiger partial charge < -0.3 is 14.5 Å². The van der Waals surface area contributed by atoms with Gasteiger partial charge in [0.05, 0.1) is 24.0 Å². The molecule has 1 amide bonds. The maximum atomic E-state index is 12.5. The SMILES string of the molecule is CCOC(=O)N1CCCC1CN(CC)c1nc(-c2ccncn2)cc(=O)n1C.